The Morgan fingerprint density at radius 3 is 2.76 bits per heavy atom. The number of nitrogens with zero attached hydrogens (tertiary/aromatic N) is 3. The van der Waals surface area contributed by atoms with Gasteiger partial charge in [-0.2, -0.15) is 9.57 Å². The molecule has 1 unspecified atom stereocenters. The molecule has 0 saturated carbocycles. The quantitative estimate of drug-likeness (QED) is 0.887. The van der Waals surface area contributed by atoms with Crippen molar-refractivity contribution in [2.45, 2.75) is 36.6 Å². The van der Waals surface area contributed by atoms with Crippen molar-refractivity contribution in [1.29, 1.82) is 5.26 Å². The van der Waals surface area contributed by atoms with Crippen LogP contribution in [0.1, 0.15) is 31.9 Å². The average Bonchev–Trinajstić information content (AvgIpc) is 2.93. The molecule has 1 aromatic rings. The highest BCUT2D eigenvalue weighted by Gasteiger charge is 2.52. The first-order valence-electron chi connectivity index (χ1n) is 6.51. The number of pyridine rings is 1. The Hall–Kier alpha value is -1.98. The van der Waals surface area contributed by atoms with Crippen LogP contribution in [-0.2, 0) is 14.8 Å². The lowest BCUT2D eigenvalue weighted by Gasteiger charge is -2.32. The second-order valence-electron chi connectivity index (χ2n) is 4.86. The molecule has 1 fully saturated rings. The van der Waals surface area contributed by atoms with E-state index in [1.54, 1.807) is 6.92 Å². The highest BCUT2D eigenvalue weighted by Crippen LogP contribution is 2.37. The van der Waals surface area contributed by atoms with Crippen LogP contribution < -0.4 is 0 Å². The Balaban J connectivity index is 2.47. The van der Waals surface area contributed by atoms with Crippen molar-refractivity contribution in [2.75, 3.05) is 6.54 Å². The van der Waals surface area contributed by atoms with Crippen molar-refractivity contribution in [1.82, 2.24) is 9.29 Å². The monoisotopic (exact) mass is 309 g/mol. The summed E-state index contributed by atoms with van der Waals surface area (Å²) < 4.78 is 26.4. The summed E-state index contributed by atoms with van der Waals surface area (Å²) in [5.74, 6) is -1.13. The molecular formula is C13H15N3O4S. The first-order valence-corrected chi connectivity index (χ1v) is 7.95. The van der Waals surface area contributed by atoms with E-state index in [4.69, 9.17) is 5.26 Å². The number of nitriles is 1. The molecule has 1 saturated heterocycles. The van der Waals surface area contributed by atoms with E-state index in [1.807, 2.05) is 6.07 Å². The summed E-state index contributed by atoms with van der Waals surface area (Å²) in [7, 11) is -3.95. The van der Waals surface area contributed by atoms with Crippen LogP contribution in [0.4, 0.5) is 0 Å². The number of hydrogen-bond donors (Lipinski definition) is 1. The average molecular weight is 309 g/mol. The topological polar surface area (TPSA) is 111 Å². The molecule has 8 heteroatoms. The van der Waals surface area contributed by atoms with Crippen LogP contribution in [0.2, 0.25) is 0 Å². The van der Waals surface area contributed by atoms with Crippen molar-refractivity contribution in [2.24, 2.45) is 0 Å². The summed E-state index contributed by atoms with van der Waals surface area (Å²) in [5.41, 5.74) is -1.29. The summed E-state index contributed by atoms with van der Waals surface area (Å²) in [4.78, 5) is 15.2. The number of sulfonamides is 1. The second kappa shape index (κ2) is 5.42. The molecule has 7 nitrogen and oxygen atoms in total. The van der Waals surface area contributed by atoms with Gasteiger partial charge < -0.3 is 5.11 Å². The van der Waals surface area contributed by atoms with Gasteiger partial charge in [0.2, 0.25) is 10.0 Å². The Morgan fingerprint density at radius 1 is 1.57 bits per heavy atom. The van der Waals surface area contributed by atoms with E-state index in [0.29, 0.717) is 12.8 Å². The lowest BCUT2D eigenvalue weighted by molar-refractivity contribution is -0.147. The second-order valence-corrected chi connectivity index (χ2v) is 6.72. The third kappa shape index (κ3) is 2.39. The fraction of sp³-hybridized carbons (Fsp3) is 0.462. The molecule has 112 valence electrons. The number of aromatic nitrogens is 1. The predicted octanol–water partition coefficient (Wildman–Crippen LogP) is 0.971. The van der Waals surface area contributed by atoms with E-state index in [9.17, 15) is 18.3 Å². The summed E-state index contributed by atoms with van der Waals surface area (Å²) in [5, 5.41) is 18.1. The van der Waals surface area contributed by atoms with E-state index in [2.05, 4.69) is 4.98 Å². The number of carboxylic acid groups (broad SMARTS) is 1. The third-order valence-electron chi connectivity index (χ3n) is 3.85. The van der Waals surface area contributed by atoms with Gasteiger partial charge in [-0.1, -0.05) is 6.92 Å². The van der Waals surface area contributed by atoms with Gasteiger partial charge >= 0.3 is 5.97 Å². The molecule has 0 spiro atoms. The molecule has 1 aromatic heterocycles. The fourth-order valence-corrected chi connectivity index (χ4v) is 4.46. The zero-order valence-corrected chi connectivity index (χ0v) is 12.3. The smallest absolute Gasteiger partial charge is 0.325 e. The summed E-state index contributed by atoms with van der Waals surface area (Å²) in [6, 6.07) is 4.39. The van der Waals surface area contributed by atoms with Crippen molar-refractivity contribution in [3.8, 4) is 6.07 Å². The standard InChI is InChI=1S/C13H15N3O4S/c1-2-13(12(17)18)6-3-7-16(13)21(19,20)11-5-4-10(8-14)15-9-11/h4-5,9H,2-3,6-7H2,1H3,(H,17,18). The van der Waals surface area contributed by atoms with Gasteiger partial charge in [0.15, 0.2) is 0 Å². The number of aliphatic carboxylic acids is 1. The van der Waals surface area contributed by atoms with E-state index in [1.165, 1.54) is 12.1 Å². The molecule has 2 heterocycles. The normalized spacial score (nSPS) is 22.9. The molecule has 0 aliphatic carbocycles. The SMILES string of the molecule is CCC1(C(=O)O)CCCN1S(=O)(=O)c1ccc(C#N)nc1. The van der Waals surface area contributed by atoms with Crippen LogP contribution in [0.5, 0.6) is 0 Å². The van der Waals surface area contributed by atoms with E-state index in [-0.39, 0.29) is 23.6 Å². The molecule has 1 atom stereocenters. The minimum Gasteiger partial charge on any atom is -0.480 e. The highest BCUT2D eigenvalue weighted by molar-refractivity contribution is 7.89. The lowest BCUT2D eigenvalue weighted by atomic mass is 9.95. The molecule has 2 rings (SSSR count). The molecule has 0 bridgehead atoms. The van der Waals surface area contributed by atoms with Crippen LogP contribution >= 0.6 is 0 Å². The van der Waals surface area contributed by atoms with Gasteiger partial charge in [-0.3, -0.25) is 4.79 Å². The van der Waals surface area contributed by atoms with E-state index >= 15 is 0 Å². The number of carboxylic acids is 1. The van der Waals surface area contributed by atoms with Gasteiger partial charge in [-0.15, -0.1) is 0 Å². The van der Waals surface area contributed by atoms with E-state index < -0.39 is 21.5 Å². The first kappa shape index (κ1) is 15.4. The zero-order chi connectivity index (χ0) is 15.7. The number of carbonyl (C=O) groups is 1. The predicted molar refractivity (Wildman–Crippen MR) is 72.7 cm³/mol. The highest BCUT2D eigenvalue weighted by atomic mass is 32.2. The van der Waals surface area contributed by atoms with Crippen LogP contribution in [0.15, 0.2) is 23.2 Å². The van der Waals surface area contributed by atoms with Gasteiger partial charge in [0.25, 0.3) is 0 Å². The number of hydrogen-bond acceptors (Lipinski definition) is 5. The van der Waals surface area contributed by atoms with Crippen molar-refractivity contribution in [3.63, 3.8) is 0 Å². The third-order valence-corrected chi connectivity index (χ3v) is 5.80. The van der Waals surface area contributed by atoms with Crippen LogP contribution in [-0.4, -0.2) is 40.9 Å². The summed E-state index contributed by atoms with van der Waals surface area (Å²) in [6.07, 6.45) is 2.09. The molecule has 0 radical (unpaired) electrons. The lowest BCUT2D eigenvalue weighted by Crippen LogP contribution is -2.52. The molecule has 0 amide bonds. The molecule has 0 aromatic carbocycles. The van der Waals surface area contributed by atoms with Crippen LogP contribution in [0.25, 0.3) is 0 Å². The molecule has 21 heavy (non-hydrogen) atoms. The van der Waals surface area contributed by atoms with E-state index in [0.717, 1.165) is 10.5 Å². The number of rotatable bonds is 4. The largest absolute Gasteiger partial charge is 0.480 e. The minimum absolute atomic E-state index is 0.0949. The Bertz CT molecular complexity index is 693. The van der Waals surface area contributed by atoms with Gasteiger partial charge in [-0.05, 0) is 31.4 Å². The fourth-order valence-electron chi connectivity index (χ4n) is 2.65. The minimum atomic E-state index is -3.95. The maximum atomic E-state index is 12.7. The first-order chi connectivity index (χ1) is 9.88. The maximum Gasteiger partial charge on any atom is 0.325 e. The Kier molecular flexibility index (Phi) is 3.98. The van der Waals surface area contributed by atoms with Crippen molar-refractivity contribution < 1.29 is 18.3 Å². The Morgan fingerprint density at radius 2 is 2.29 bits per heavy atom. The summed E-state index contributed by atoms with van der Waals surface area (Å²) in [6.45, 7) is 1.83. The molecule has 1 N–H and O–H groups in total. The zero-order valence-electron chi connectivity index (χ0n) is 11.5. The van der Waals surface area contributed by atoms with Crippen molar-refractivity contribution in [3.05, 3.63) is 24.0 Å². The van der Waals surface area contributed by atoms with Crippen LogP contribution in [0.3, 0.4) is 0 Å². The molecular weight excluding hydrogens is 294 g/mol. The van der Waals surface area contributed by atoms with Gasteiger partial charge in [0.1, 0.15) is 22.2 Å². The van der Waals surface area contributed by atoms with Gasteiger partial charge in [0.05, 0.1) is 0 Å². The molecule has 1 aliphatic rings. The molecule has 1 aliphatic heterocycles. The Labute approximate surface area is 122 Å². The van der Waals surface area contributed by atoms with Crippen molar-refractivity contribution >= 4 is 16.0 Å². The van der Waals surface area contributed by atoms with Gasteiger partial charge in [-0.25, -0.2) is 13.4 Å². The summed E-state index contributed by atoms with van der Waals surface area (Å²) >= 11 is 0. The van der Waals surface area contributed by atoms with Gasteiger partial charge in [0, 0.05) is 12.7 Å². The maximum absolute atomic E-state index is 12.7. The van der Waals surface area contributed by atoms with Crippen LogP contribution in [0, 0.1) is 11.3 Å².